The van der Waals surface area contributed by atoms with Crippen molar-refractivity contribution in [1.82, 2.24) is 9.88 Å². The number of nitrogens with zero attached hydrogens (tertiary/aromatic N) is 2. The van der Waals surface area contributed by atoms with E-state index < -0.39 is 12.1 Å². The largest absolute Gasteiger partial charge is 0.497 e. The second-order valence-corrected chi connectivity index (χ2v) is 10.2. The maximum Gasteiger partial charge on any atom is 0.303 e. The van der Waals surface area contributed by atoms with Crippen LogP contribution in [0.1, 0.15) is 49.4 Å². The van der Waals surface area contributed by atoms with Gasteiger partial charge in [0.1, 0.15) is 11.9 Å². The van der Waals surface area contributed by atoms with Crippen molar-refractivity contribution in [3.05, 3.63) is 70.9 Å². The van der Waals surface area contributed by atoms with E-state index in [0.29, 0.717) is 24.2 Å². The minimum atomic E-state index is -1.13. The molecule has 1 aliphatic rings. The average Bonchev–Trinajstić information content (AvgIpc) is 2.88. The van der Waals surface area contributed by atoms with Gasteiger partial charge in [-0.2, -0.15) is 0 Å². The topological polar surface area (TPSA) is 62.7 Å². The van der Waals surface area contributed by atoms with Gasteiger partial charge in [0.05, 0.1) is 12.6 Å². The third-order valence-corrected chi connectivity index (χ3v) is 7.63. The Morgan fingerprint density at radius 1 is 1.22 bits per heavy atom. The van der Waals surface area contributed by atoms with E-state index in [2.05, 4.69) is 22.0 Å². The molecule has 0 radical (unpaired) electrons. The van der Waals surface area contributed by atoms with E-state index in [9.17, 15) is 9.90 Å². The van der Waals surface area contributed by atoms with E-state index in [1.165, 1.54) is 5.56 Å². The third-order valence-electron chi connectivity index (χ3n) is 7.38. The van der Waals surface area contributed by atoms with Crippen molar-refractivity contribution in [3.63, 3.8) is 0 Å². The van der Waals surface area contributed by atoms with Crippen LogP contribution in [0.15, 0.2) is 54.7 Å². The first-order chi connectivity index (χ1) is 17.4. The van der Waals surface area contributed by atoms with Crippen LogP contribution in [0.3, 0.4) is 0 Å². The van der Waals surface area contributed by atoms with Crippen LogP contribution >= 0.6 is 11.6 Å². The van der Waals surface area contributed by atoms with Crippen molar-refractivity contribution in [1.29, 1.82) is 0 Å². The molecule has 0 amide bonds. The fraction of sp³-hybridized carbons (Fsp3) is 0.448. The van der Waals surface area contributed by atoms with Gasteiger partial charge in [-0.3, -0.25) is 9.78 Å². The number of rotatable bonds is 11. The van der Waals surface area contributed by atoms with Gasteiger partial charge in [0.25, 0.3) is 0 Å². The molecule has 3 aromatic rings. The van der Waals surface area contributed by atoms with Crippen LogP contribution in [0.2, 0.25) is 5.02 Å². The number of methoxy groups -OCH3 is 1. The molecule has 36 heavy (non-hydrogen) atoms. The second-order valence-electron chi connectivity index (χ2n) is 9.77. The third kappa shape index (κ3) is 6.95. The Morgan fingerprint density at radius 2 is 2.03 bits per heavy atom. The van der Waals surface area contributed by atoms with Gasteiger partial charge in [-0.15, -0.1) is 0 Å². The normalized spacial score (nSPS) is 19.3. The summed E-state index contributed by atoms with van der Waals surface area (Å²) in [4.78, 5) is 18.3. The van der Waals surface area contributed by atoms with E-state index in [0.717, 1.165) is 54.8 Å². The van der Waals surface area contributed by atoms with Crippen molar-refractivity contribution >= 4 is 28.5 Å². The minimum Gasteiger partial charge on any atom is -0.497 e. The van der Waals surface area contributed by atoms with E-state index in [-0.39, 0.29) is 18.3 Å². The zero-order valence-electron chi connectivity index (χ0n) is 20.7. The number of halogens is 2. The van der Waals surface area contributed by atoms with Crippen LogP contribution in [0, 0.1) is 11.8 Å². The molecule has 2 heterocycles. The van der Waals surface area contributed by atoms with Crippen LogP contribution in [0.5, 0.6) is 5.75 Å². The Kier molecular flexibility index (Phi) is 9.16. The molecule has 0 saturated carbocycles. The molecule has 1 aromatic heterocycles. The number of aryl methyl sites for hydroxylation is 1. The summed E-state index contributed by atoms with van der Waals surface area (Å²) < 4.78 is 20.8. The summed E-state index contributed by atoms with van der Waals surface area (Å²) in [6.07, 6.45) is 4.56. The Labute approximate surface area is 217 Å². The number of ether oxygens (including phenoxy) is 1. The fourth-order valence-electron chi connectivity index (χ4n) is 5.42. The van der Waals surface area contributed by atoms with Crippen LogP contribution in [-0.2, 0) is 11.2 Å². The van der Waals surface area contributed by atoms with Crippen LogP contribution in [0.25, 0.3) is 10.9 Å². The molecule has 0 spiro atoms. The number of carbonyl (C=O) groups is 1. The molecule has 0 aliphatic carbocycles. The Bertz CT molecular complexity index is 1160. The van der Waals surface area contributed by atoms with Crippen molar-refractivity contribution in [2.24, 2.45) is 11.8 Å². The smallest absolute Gasteiger partial charge is 0.303 e. The molecule has 1 N–H and O–H groups in total. The predicted octanol–water partition coefficient (Wildman–Crippen LogP) is 6.73. The standard InChI is InChI=1S/C29H34ClFN2O3/c1-36-24-9-11-28-26(18-24)25(12-14-32-28)27(31)10-6-21-13-16-33(19-22(21)17-29(34)35)15-2-3-20-4-7-23(30)8-5-20/h4-5,7-9,11-12,14,18,21-22,27H,2-3,6,10,13,15-17,19H2,1H3,(H,34,35)/t21-,22+,27?/m1/s1. The number of piperidine rings is 1. The number of alkyl halides is 1. The summed E-state index contributed by atoms with van der Waals surface area (Å²) in [6.45, 7) is 2.61. The van der Waals surface area contributed by atoms with Crippen LogP contribution in [-0.4, -0.2) is 47.7 Å². The summed E-state index contributed by atoms with van der Waals surface area (Å²) in [5, 5.41) is 11.0. The SMILES string of the molecule is COc1ccc2nccc(C(F)CC[C@@H]3CCN(CCCc4ccc(Cl)cc4)C[C@@H]3CC(=O)O)c2c1. The molecule has 4 rings (SSSR count). The lowest BCUT2D eigenvalue weighted by molar-refractivity contribution is -0.139. The number of carboxylic acids is 1. The fourth-order valence-corrected chi connectivity index (χ4v) is 5.54. The molecule has 2 aromatic carbocycles. The maximum absolute atomic E-state index is 15.5. The first-order valence-electron chi connectivity index (χ1n) is 12.7. The first-order valence-corrected chi connectivity index (χ1v) is 13.1. The minimum absolute atomic E-state index is 0.0354. The quantitative estimate of drug-likeness (QED) is 0.308. The van der Waals surface area contributed by atoms with E-state index >= 15 is 4.39 Å². The van der Waals surface area contributed by atoms with Gasteiger partial charge >= 0.3 is 5.97 Å². The Morgan fingerprint density at radius 3 is 2.78 bits per heavy atom. The van der Waals surface area contributed by atoms with Crippen molar-refractivity contribution in [2.75, 3.05) is 26.7 Å². The molecule has 3 atom stereocenters. The molecule has 1 saturated heterocycles. The number of aliphatic carboxylic acids is 1. The summed E-state index contributed by atoms with van der Waals surface area (Å²) in [7, 11) is 1.59. The number of pyridine rings is 1. The lowest BCUT2D eigenvalue weighted by Gasteiger charge is -2.38. The summed E-state index contributed by atoms with van der Waals surface area (Å²) in [5.41, 5.74) is 2.62. The highest BCUT2D eigenvalue weighted by molar-refractivity contribution is 6.30. The molecule has 192 valence electrons. The molecular formula is C29H34ClFN2O3. The van der Waals surface area contributed by atoms with Crippen LogP contribution < -0.4 is 4.74 Å². The number of hydrogen-bond donors (Lipinski definition) is 1. The number of hydrogen-bond acceptors (Lipinski definition) is 4. The van der Waals surface area contributed by atoms with Crippen LogP contribution in [0.4, 0.5) is 4.39 Å². The maximum atomic E-state index is 15.5. The lowest BCUT2D eigenvalue weighted by Crippen LogP contribution is -2.42. The van der Waals surface area contributed by atoms with Crippen molar-refractivity contribution in [2.45, 2.75) is 44.7 Å². The van der Waals surface area contributed by atoms with Crippen molar-refractivity contribution in [3.8, 4) is 5.75 Å². The Hall–Kier alpha value is -2.70. The van der Waals surface area contributed by atoms with Gasteiger partial charge in [-0.1, -0.05) is 23.7 Å². The molecule has 0 bridgehead atoms. The molecule has 1 fully saturated rings. The van der Waals surface area contributed by atoms with Gasteiger partial charge in [0.2, 0.25) is 0 Å². The van der Waals surface area contributed by atoms with E-state index in [4.69, 9.17) is 16.3 Å². The van der Waals surface area contributed by atoms with Gasteiger partial charge in [0, 0.05) is 29.6 Å². The van der Waals surface area contributed by atoms with Gasteiger partial charge in [0.15, 0.2) is 0 Å². The number of likely N-dealkylation sites (tertiary alicyclic amines) is 1. The highest BCUT2D eigenvalue weighted by Gasteiger charge is 2.31. The van der Waals surface area contributed by atoms with Gasteiger partial charge in [-0.05, 0) is 105 Å². The monoisotopic (exact) mass is 512 g/mol. The number of benzene rings is 2. The highest BCUT2D eigenvalue weighted by atomic mass is 35.5. The zero-order valence-corrected chi connectivity index (χ0v) is 21.5. The first kappa shape index (κ1) is 26.4. The highest BCUT2D eigenvalue weighted by Crippen LogP contribution is 2.36. The summed E-state index contributed by atoms with van der Waals surface area (Å²) in [6, 6.07) is 15.2. The summed E-state index contributed by atoms with van der Waals surface area (Å²) >= 11 is 5.97. The summed E-state index contributed by atoms with van der Waals surface area (Å²) in [5.74, 6) is 0.133. The molecule has 1 aliphatic heterocycles. The molecule has 1 unspecified atom stereocenters. The second kappa shape index (κ2) is 12.5. The van der Waals surface area contributed by atoms with Gasteiger partial charge < -0.3 is 14.7 Å². The molecule has 7 heteroatoms. The van der Waals surface area contributed by atoms with Crippen molar-refractivity contribution < 1.29 is 19.0 Å². The van der Waals surface area contributed by atoms with Gasteiger partial charge in [-0.25, -0.2) is 4.39 Å². The molecule has 5 nitrogen and oxygen atoms in total. The molecular weight excluding hydrogens is 479 g/mol. The average molecular weight is 513 g/mol. The predicted molar refractivity (Wildman–Crippen MR) is 141 cm³/mol. The number of carboxylic acid groups (broad SMARTS) is 1. The zero-order chi connectivity index (χ0) is 25.5. The number of fused-ring (bicyclic) bond motifs is 1. The van der Waals surface area contributed by atoms with E-state index in [1.807, 2.05) is 30.3 Å². The van der Waals surface area contributed by atoms with E-state index in [1.54, 1.807) is 19.4 Å². The lowest BCUT2D eigenvalue weighted by atomic mass is 9.79. The number of aromatic nitrogens is 1. The Balaban J connectivity index is 1.34.